The molecule has 0 N–H and O–H groups in total. The van der Waals surface area contributed by atoms with Crippen LogP contribution >= 0.6 is 0 Å². The van der Waals surface area contributed by atoms with Crippen LogP contribution in [0.1, 0.15) is 15.2 Å². The van der Waals surface area contributed by atoms with E-state index >= 15 is 0 Å². The zero-order chi connectivity index (χ0) is 4.28. The molecule has 0 amide bonds. The smallest absolute Gasteiger partial charge is 0.0276 e. The van der Waals surface area contributed by atoms with E-state index in [0.717, 1.165) is 5.57 Å². The van der Waals surface area contributed by atoms with Crippen molar-refractivity contribution in [1.29, 1.82) is 0 Å². The predicted octanol–water partition coefficient (Wildman–Crippen LogP) is 1.58. The molecule has 0 aliphatic rings. The number of hydrogen-bond acceptors (Lipinski definition) is 0. The highest BCUT2D eigenvalue weighted by Gasteiger charge is 1.51. The summed E-state index contributed by atoms with van der Waals surface area (Å²) in [6.45, 7) is 5.69. The maximum absolute atomic E-state index is 6.56. The molecule has 0 aromatic heterocycles. The molecule has 0 aliphatic heterocycles. The van der Waals surface area contributed by atoms with Gasteiger partial charge in [0.05, 0.1) is 0 Å². The molecule has 0 rings (SSSR count). The summed E-state index contributed by atoms with van der Waals surface area (Å²) in [6, 6.07) is 0. The van der Waals surface area contributed by atoms with Crippen LogP contribution < -0.4 is 0 Å². The van der Waals surface area contributed by atoms with Crippen molar-refractivity contribution in [1.82, 2.24) is 0 Å². The topological polar surface area (TPSA) is 0 Å². The van der Waals surface area contributed by atoms with Crippen LogP contribution in [0.4, 0.5) is 0 Å². The average Bonchev–Trinajstić information content (AvgIpc) is 1.38. The lowest BCUT2D eigenvalue weighted by Gasteiger charge is -1.65. The van der Waals surface area contributed by atoms with Gasteiger partial charge in [-0.3, -0.25) is 0 Å². The fraction of sp³-hybridized carbons (Fsp3) is 0.500. The van der Waals surface area contributed by atoms with Crippen LogP contribution in [0.15, 0.2) is 12.2 Å². The monoisotopic (exact) mass is 57.1 g/mol. The summed E-state index contributed by atoms with van der Waals surface area (Å²) in [4.78, 5) is 0. The Labute approximate surface area is 28.5 Å². The summed E-state index contributed by atoms with van der Waals surface area (Å²) in [5, 5.41) is 0. The van der Waals surface area contributed by atoms with E-state index in [1.807, 2.05) is 6.92 Å². The lowest BCUT2D eigenvalue weighted by atomic mass is 10.4. The van der Waals surface area contributed by atoms with Crippen LogP contribution in [-0.4, -0.2) is 0 Å². The third-order valence-corrected chi connectivity index (χ3v) is 0. The molecule has 0 spiro atoms. The Morgan fingerprint density at radius 3 is 2.50 bits per heavy atom. The van der Waals surface area contributed by atoms with Gasteiger partial charge in [-0.05, 0) is 13.8 Å². The van der Waals surface area contributed by atoms with Crippen LogP contribution in [0.3, 0.4) is 0 Å². The first-order valence-electron chi connectivity index (χ1n) is 1.91. The molecule has 0 saturated carbocycles. The Morgan fingerprint density at radius 1 is 2.25 bits per heavy atom. The molecule has 0 aromatic carbocycles. The highest BCUT2D eigenvalue weighted by Crippen LogP contribution is 1.73. The van der Waals surface area contributed by atoms with Crippen molar-refractivity contribution >= 4 is 0 Å². The minimum absolute atomic E-state index is 0.361. The van der Waals surface area contributed by atoms with Crippen LogP contribution in [0.5, 0.6) is 0 Å². The molecular weight excluding hydrogens is 48.0 g/mol. The summed E-state index contributed by atoms with van der Waals surface area (Å²) < 4.78 is 6.56. The van der Waals surface area contributed by atoms with E-state index in [4.69, 9.17) is 1.37 Å². The summed E-state index contributed by atoms with van der Waals surface area (Å²) in [6.07, 6.45) is 0. The molecule has 0 bridgehead atoms. The molecule has 0 heterocycles. The Morgan fingerprint density at radius 2 is 2.50 bits per heavy atom. The van der Waals surface area contributed by atoms with E-state index in [-0.39, 0.29) is 0 Å². The van der Waals surface area contributed by atoms with E-state index < -0.39 is 0 Å². The molecular formula is C4H8. The second kappa shape index (κ2) is 1.10. The molecule has 0 aliphatic carbocycles. The maximum atomic E-state index is 6.56. The highest BCUT2D eigenvalue weighted by molar-refractivity contribution is 4.78. The van der Waals surface area contributed by atoms with Crippen LogP contribution in [0.2, 0.25) is 0 Å². The Balaban J connectivity index is 2.85. The quantitative estimate of drug-likeness (QED) is 0.370. The zero-order valence-corrected chi connectivity index (χ0v) is 2.91. The van der Waals surface area contributed by atoms with Gasteiger partial charge in [0.2, 0.25) is 0 Å². The van der Waals surface area contributed by atoms with Crippen molar-refractivity contribution in [3.8, 4) is 0 Å². The van der Waals surface area contributed by atoms with Crippen molar-refractivity contribution in [3.63, 3.8) is 0 Å². The van der Waals surface area contributed by atoms with Gasteiger partial charge in [0, 0.05) is 1.37 Å². The van der Waals surface area contributed by atoms with Gasteiger partial charge in [0.15, 0.2) is 0 Å². The first-order chi connectivity index (χ1) is 2.27. The molecule has 0 fully saturated rings. The summed E-state index contributed by atoms with van der Waals surface area (Å²) in [5.74, 6) is 0. The standard InChI is InChI=1S/C4H8/c1-4(2)3/h1H2,2-3H3/i2D. The Hall–Kier alpha value is -0.260. The van der Waals surface area contributed by atoms with Gasteiger partial charge in [-0.1, -0.05) is 5.57 Å². The van der Waals surface area contributed by atoms with Crippen molar-refractivity contribution in [3.05, 3.63) is 12.2 Å². The molecule has 24 valence electrons. The lowest BCUT2D eigenvalue weighted by molar-refractivity contribution is 1.42. The predicted molar refractivity (Wildman–Crippen MR) is 20.5 cm³/mol. The summed E-state index contributed by atoms with van der Waals surface area (Å²) >= 11 is 0. The minimum atomic E-state index is 0.361. The zero-order valence-electron chi connectivity index (χ0n) is 3.91. The normalized spacial score (nSPS) is 9.75. The molecule has 4 heavy (non-hydrogen) atoms. The van der Waals surface area contributed by atoms with Crippen LogP contribution in [-0.2, 0) is 0 Å². The number of allylic oxidation sites excluding steroid dienone is 1. The van der Waals surface area contributed by atoms with Gasteiger partial charge in [0.1, 0.15) is 0 Å². The number of hydrogen-bond donors (Lipinski definition) is 0. The van der Waals surface area contributed by atoms with E-state index in [9.17, 15) is 0 Å². The summed E-state index contributed by atoms with van der Waals surface area (Å²) in [7, 11) is 0. The third-order valence-electron chi connectivity index (χ3n) is 0. The molecule has 0 atom stereocenters. The lowest BCUT2D eigenvalue weighted by Crippen LogP contribution is -1.43. The second-order valence-corrected chi connectivity index (χ2v) is 0.957. The van der Waals surface area contributed by atoms with Gasteiger partial charge in [0.25, 0.3) is 0 Å². The first-order valence-corrected chi connectivity index (χ1v) is 1.21. The highest BCUT2D eigenvalue weighted by atomic mass is 13.6. The minimum Gasteiger partial charge on any atom is -0.100 e. The molecule has 0 unspecified atom stereocenters. The van der Waals surface area contributed by atoms with Crippen molar-refractivity contribution < 1.29 is 1.37 Å². The SMILES string of the molecule is [2H]CC(=C)C. The van der Waals surface area contributed by atoms with Crippen molar-refractivity contribution in [2.45, 2.75) is 13.8 Å². The number of rotatable bonds is 0. The second-order valence-electron chi connectivity index (χ2n) is 0.957. The Kier molecular flexibility index (Phi) is 0.555. The van der Waals surface area contributed by atoms with E-state index in [1.165, 1.54) is 0 Å². The van der Waals surface area contributed by atoms with Gasteiger partial charge in [-0.25, -0.2) is 0 Å². The maximum Gasteiger partial charge on any atom is 0.0276 e. The van der Waals surface area contributed by atoms with Gasteiger partial charge >= 0.3 is 0 Å². The third kappa shape index (κ3) is 14.1. The molecule has 0 aromatic rings. The fourth-order valence-corrected chi connectivity index (χ4v) is 0. The van der Waals surface area contributed by atoms with Gasteiger partial charge < -0.3 is 0 Å². The van der Waals surface area contributed by atoms with Crippen molar-refractivity contribution in [2.75, 3.05) is 0 Å². The first kappa shape index (κ1) is 2.01. The van der Waals surface area contributed by atoms with Gasteiger partial charge in [-0.15, -0.1) is 6.58 Å². The van der Waals surface area contributed by atoms with Gasteiger partial charge in [-0.2, -0.15) is 0 Å². The molecule has 0 radical (unpaired) electrons. The largest absolute Gasteiger partial charge is 0.100 e. The van der Waals surface area contributed by atoms with E-state index in [2.05, 4.69) is 6.58 Å². The molecule has 0 saturated heterocycles. The van der Waals surface area contributed by atoms with E-state index in [1.54, 1.807) is 0 Å². The van der Waals surface area contributed by atoms with Crippen LogP contribution in [0, 0.1) is 0 Å². The summed E-state index contributed by atoms with van der Waals surface area (Å²) in [5.41, 5.74) is 0.921. The average molecular weight is 57.1 g/mol. The van der Waals surface area contributed by atoms with E-state index in [0.29, 0.717) is 6.90 Å². The fourth-order valence-electron chi connectivity index (χ4n) is 0. The Bertz CT molecular complexity index is 38.9. The molecule has 0 heteroatoms. The van der Waals surface area contributed by atoms with Crippen molar-refractivity contribution in [2.24, 2.45) is 0 Å². The van der Waals surface area contributed by atoms with Crippen LogP contribution in [0.25, 0.3) is 0 Å². The molecule has 0 nitrogen and oxygen atoms in total.